The van der Waals surface area contributed by atoms with E-state index in [0.717, 1.165) is 6.20 Å². The highest BCUT2D eigenvalue weighted by Gasteiger charge is 2.04. The van der Waals surface area contributed by atoms with Crippen molar-refractivity contribution in [1.29, 1.82) is 0 Å². The number of nitrogens with zero attached hydrogens (tertiary/aromatic N) is 2. The molecular weight excluding hydrogens is 199 g/mol. The Balaban J connectivity index is 2.78. The van der Waals surface area contributed by atoms with Crippen molar-refractivity contribution in [2.24, 2.45) is 0 Å². The van der Waals surface area contributed by atoms with E-state index in [2.05, 4.69) is 4.98 Å². The van der Waals surface area contributed by atoms with Gasteiger partial charge in [-0.1, -0.05) is 0 Å². The molecule has 0 radical (unpaired) electrons. The summed E-state index contributed by atoms with van der Waals surface area (Å²) in [6, 6.07) is 4.12. The van der Waals surface area contributed by atoms with Crippen LogP contribution in [0.25, 0.3) is 11.0 Å². The molecule has 2 aromatic rings. The zero-order valence-electron chi connectivity index (χ0n) is 7.85. The van der Waals surface area contributed by atoms with Crippen LogP contribution in [0.4, 0.5) is 4.39 Å². The Morgan fingerprint density at radius 1 is 1.47 bits per heavy atom. The highest BCUT2D eigenvalue weighted by atomic mass is 19.1. The van der Waals surface area contributed by atoms with Crippen LogP contribution in [0.3, 0.4) is 0 Å². The fraction of sp³-hybridized carbons (Fsp3) is 0.200. The Morgan fingerprint density at radius 3 is 3.00 bits per heavy atom. The summed E-state index contributed by atoms with van der Waals surface area (Å²) in [6.07, 6.45) is 1.09. The summed E-state index contributed by atoms with van der Waals surface area (Å²) in [5, 5.41) is 8.80. The van der Waals surface area contributed by atoms with E-state index in [1.165, 1.54) is 22.8 Å². The highest BCUT2D eigenvalue weighted by molar-refractivity contribution is 5.74. The lowest BCUT2D eigenvalue weighted by atomic mass is 10.3. The summed E-state index contributed by atoms with van der Waals surface area (Å²) in [5.41, 5.74) is 0.657. The molecule has 0 saturated heterocycles. The minimum absolute atomic E-state index is 0.140. The number of rotatable bonds is 2. The van der Waals surface area contributed by atoms with Crippen LogP contribution in [0, 0.1) is 5.82 Å². The van der Waals surface area contributed by atoms with Crippen molar-refractivity contribution in [2.45, 2.75) is 6.54 Å². The Labute approximate surface area is 84.6 Å². The SMILES string of the molecule is O=c1ccc2ncc(F)cc2n1CCO. The molecule has 0 bridgehead atoms. The number of hydrogen-bond donors (Lipinski definition) is 1. The summed E-state index contributed by atoms with van der Waals surface area (Å²) < 4.78 is 14.2. The zero-order valence-corrected chi connectivity index (χ0v) is 7.85. The molecule has 2 aromatic heterocycles. The maximum absolute atomic E-state index is 12.9. The fourth-order valence-electron chi connectivity index (χ4n) is 1.47. The Morgan fingerprint density at radius 2 is 2.27 bits per heavy atom. The molecule has 0 aliphatic carbocycles. The summed E-state index contributed by atoms with van der Waals surface area (Å²) >= 11 is 0. The van der Waals surface area contributed by atoms with Crippen LogP contribution >= 0.6 is 0 Å². The van der Waals surface area contributed by atoms with Crippen LogP contribution in [0.15, 0.2) is 29.2 Å². The third kappa shape index (κ3) is 1.73. The lowest BCUT2D eigenvalue weighted by Gasteiger charge is -2.07. The highest BCUT2D eigenvalue weighted by Crippen LogP contribution is 2.10. The first-order valence-corrected chi connectivity index (χ1v) is 4.48. The quantitative estimate of drug-likeness (QED) is 0.783. The van der Waals surface area contributed by atoms with Crippen molar-refractivity contribution < 1.29 is 9.50 Å². The molecule has 1 N–H and O–H groups in total. The molecule has 5 heteroatoms. The first-order chi connectivity index (χ1) is 7.22. The van der Waals surface area contributed by atoms with Crippen molar-refractivity contribution >= 4 is 11.0 Å². The molecule has 0 amide bonds. The van der Waals surface area contributed by atoms with Gasteiger partial charge in [-0.3, -0.25) is 9.78 Å². The molecule has 0 aliphatic heterocycles. The van der Waals surface area contributed by atoms with Gasteiger partial charge in [0.1, 0.15) is 5.82 Å². The van der Waals surface area contributed by atoms with E-state index in [0.29, 0.717) is 11.0 Å². The van der Waals surface area contributed by atoms with Crippen LogP contribution in [-0.4, -0.2) is 21.3 Å². The largest absolute Gasteiger partial charge is 0.395 e. The first-order valence-electron chi connectivity index (χ1n) is 4.48. The topological polar surface area (TPSA) is 55.1 Å². The average Bonchev–Trinajstić information content (AvgIpc) is 2.23. The van der Waals surface area contributed by atoms with Crippen LogP contribution in [0.5, 0.6) is 0 Å². The lowest BCUT2D eigenvalue weighted by molar-refractivity contribution is 0.276. The number of halogens is 1. The minimum atomic E-state index is -0.500. The standard InChI is InChI=1S/C10H9FN2O2/c11-7-5-9-8(12-6-7)1-2-10(15)13(9)3-4-14/h1-2,5-6,14H,3-4H2. The van der Waals surface area contributed by atoms with E-state index in [1.807, 2.05) is 0 Å². The van der Waals surface area contributed by atoms with Crippen molar-refractivity contribution in [2.75, 3.05) is 6.61 Å². The summed E-state index contributed by atoms with van der Waals surface area (Å²) in [7, 11) is 0. The number of aromatic nitrogens is 2. The third-order valence-corrected chi connectivity index (χ3v) is 2.13. The van der Waals surface area contributed by atoms with Gasteiger partial charge < -0.3 is 9.67 Å². The Bertz CT molecular complexity index is 551. The summed E-state index contributed by atoms with van der Waals surface area (Å²) in [4.78, 5) is 15.3. The van der Waals surface area contributed by atoms with Crippen molar-refractivity contribution in [3.05, 3.63) is 40.6 Å². The number of aliphatic hydroxyl groups is 1. The minimum Gasteiger partial charge on any atom is -0.395 e. The van der Waals surface area contributed by atoms with Gasteiger partial charge in [0.25, 0.3) is 5.56 Å². The van der Waals surface area contributed by atoms with E-state index in [-0.39, 0.29) is 18.7 Å². The maximum Gasteiger partial charge on any atom is 0.251 e. The number of pyridine rings is 2. The van der Waals surface area contributed by atoms with Gasteiger partial charge in [-0.05, 0) is 6.07 Å². The van der Waals surface area contributed by atoms with Crippen molar-refractivity contribution in [3.63, 3.8) is 0 Å². The average molecular weight is 208 g/mol. The Kier molecular flexibility index (Phi) is 2.47. The lowest BCUT2D eigenvalue weighted by Crippen LogP contribution is -2.21. The van der Waals surface area contributed by atoms with E-state index in [4.69, 9.17) is 5.11 Å². The van der Waals surface area contributed by atoms with Gasteiger partial charge >= 0.3 is 0 Å². The molecule has 0 atom stereocenters. The van der Waals surface area contributed by atoms with Gasteiger partial charge in [-0.2, -0.15) is 0 Å². The van der Waals surface area contributed by atoms with Crippen molar-refractivity contribution in [1.82, 2.24) is 9.55 Å². The molecule has 0 unspecified atom stereocenters. The van der Waals surface area contributed by atoms with Gasteiger partial charge in [0.15, 0.2) is 0 Å². The van der Waals surface area contributed by atoms with E-state index >= 15 is 0 Å². The number of aliphatic hydroxyl groups excluding tert-OH is 1. The molecule has 78 valence electrons. The van der Waals surface area contributed by atoms with E-state index in [9.17, 15) is 9.18 Å². The van der Waals surface area contributed by atoms with Gasteiger partial charge in [0.05, 0.1) is 23.8 Å². The first kappa shape index (κ1) is 9.79. The predicted molar refractivity (Wildman–Crippen MR) is 53.0 cm³/mol. The molecule has 0 aliphatic rings. The van der Waals surface area contributed by atoms with Gasteiger partial charge in [-0.25, -0.2) is 4.39 Å². The Hall–Kier alpha value is -1.75. The second-order valence-electron chi connectivity index (χ2n) is 3.10. The molecule has 15 heavy (non-hydrogen) atoms. The van der Waals surface area contributed by atoms with E-state index < -0.39 is 5.82 Å². The monoisotopic (exact) mass is 208 g/mol. The fourth-order valence-corrected chi connectivity index (χ4v) is 1.47. The van der Waals surface area contributed by atoms with Crippen LogP contribution < -0.4 is 5.56 Å². The smallest absolute Gasteiger partial charge is 0.251 e. The summed E-state index contributed by atoms with van der Waals surface area (Å²) in [5.74, 6) is -0.500. The van der Waals surface area contributed by atoms with Crippen LogP contribution in [0.2, 0.25) is 0 Å². The third-order valence-electron chi connectivity index (χ3n) is 2.13. The number of hydrogen-bond acceptors (Lipinski definition) is 3. The summed E-state index contributed by atoms with van der Waals surface area (Å²) in [6.45, 7) is -0.0309. The van der Waals surface area contributed by atoms with Crippen molar-refractivity contribution in [3.8, 4) is 0 Å². The molecule has 4 nitrogen and oxygen atoms in total. The predicted octanol–water partition coefficient (Wildman–Crippen LogP) is 0.528. The molecule has 0 spiro atoms. The van der Waals surface area contributed by atoms with Gasteiger partial charge in [0, 0.05) is 18.7 Å². The molecule has 0 saturated carbocycles. The zero-order chi connectivity index (χ0) is 10.8. The van der Waals surface area contributed by atoms with Crippen LogP contribution in [0.1, 0.15) is 0 Å². The second-order valence-corrected chi connectivity index (χ2v) is 3.10. The second kappa shape index (κ2) is 3.78. The molecule has 0 fully saturated rings. The van der Waals surface area contributed by atoms with E-state index in [1.54, 1.807) is 0 Å². The van der Waals surface area contributed by atoms with Gasteiger partial charge in [-0.15, -0.1) is 0 Å². The maximum atomic E-state index is 12.9. The molecule has 2 heterocycles. The van der Waals surface area contributed by atoms with Gasteiger partial charge in [0.2, 0.25) is 0 Å². The molecular formula is C10H9FN2O2. The normalized spacial score (nSPS) is 10.8. The molecule has 0 aromatic carbocycles. The molecule has 2 rings (SSSR count). The van der Waals surface area contributed by atoms with Crippen LogP contribution in [-0.2, 0) is 6.54 Å². The number of fused-ring (bicyclic) bond motifs is 1.